The van der Waals surface area contributed by atoms with Crippen molar-refractivity contribution in [2.24, 2.45) is 7.05 Å². The topological polar surface area (TPSA) is 61.4 Å². The maximum atomic E-state index is 12.8. The van der Waals surface area contributed by atoms with E-state index in [1.54, 1.807) is 24.8 Å². The third kappa shape index (κ3) is 2.22. The molecule has 0 radical (unpaired) electrons. The van der Waals surface area contributed by atoms with Crippen LogP contribution in [-0.2, 0) is 7.05 Å². The van der Waals surface area contributed by atoms with Crippen LogP contribution >= 0.6 is 0 Å². The summed E-state index contributed by atoms with van der Waals surface area (Å²) in [6.07, 6.45) is 4.26. The molecule has 26 heavy (non-hydrogen) atoms. The first-order valence-corrected chi connectivity index (χ1v) is 8.68. The van der Waals surface area contributed by atoms with Gasteiger partial charge in [0.1, 0.15) is 11.4 Å². The van der Waals surface area contributed by atoms with Gasteiger partial charge in [0.25, 0.3) is 5.56 Å². The van der Waals surface area contributed by atoms with Gasteiger partial charge in [0.05, 0.1) is 23.7 Å². The lowest BCUT2D eigenvalue weighted by atomic mass is 10.1. The number of ether oxygens (including phenoxy) is 1. The first-order valence-electron chi connectivity index (χ1n) is 8.68. The van der Waals surface area contributed by atoms with E-state index in [2.05, 4.69) is 11.1 Å². The Morgan fingerprint density at radius 1 is 1.15 bits per heavy atom. The molecule has 6 heteroatoms. The van der Waals surface area contributed by atoms with Crippen molar-refractivity contribution in [3.05, 3.63) is 58.6 Å². The fourth-order valence-electron chi connectivity index (χ4n) is 3.42. The number of nitrogens with zero attached hydrogens (tertiary/aromatic N) is 4. The average Bonchev–Trinajstić information content (AvgIpc) is 3.44. The van der Waals surface area contributed by atoms with E-state index in [4.69, 9.17) is 9.84 Å². The number of hydrogen-bond donors (Lipinski definition) is 0. The summed E-state index contributed by atoms with van der Waals surface area (Å²) >= 11 is 0. The molecule has 0 aliphatic heterocycles. The highest BCUT2D eigenvalue weighted by atomic mass is 16.5. The third-order valence-corrected chi connectivity index (χ3v) is 5.07. The van der Waals surface area contributed by atoms with Crippen LogP contribution in [-0.4, -0.2) is 26.3 Å². The minimum Gasteiger partial charge on any atom is -0.497 e. The summed E-state index contributed by atoms with van der Waals surface area (Å²) in [5.41, 5.74) is 4.46. The van der Waals surface area contributed by atoms with E-state index in [9.17, 15) is 4.79 Å². The second-order valence-corrected chi connectivity index (χ2v) is 6.79. The number of hydrogen-bond acceptors (Lipinski definition) is 4. The molecule has 0 unspecified atom stereocenters. The van der Waals surface area contributed by atoms with Crippen molar-refractivity contribution in [1.29, 1.82) is 0 Å². The van der Waals surface area contributed by atoms with Gasteiger partial charge < -0.3 is 4.74 Å². The van der Waals surface area contributed by atoms with Gasteiger partial charge in [0.15, 0.2) is 0 Å². The van der Waals surface area contributed by atoms with Crippen molar-refractivity contribution in [3.63, 3.8) is 0 Å². The second-order valence-electron chi connectivity index (χ2n) is 6.79. The lowest BCUT2D eigenvalue weighted by molar-refractivity contribution is 0.415. The zero-order chi connectivity index (χ0) is 17.8. The highest BCUT2D eigenvalue weighted by Crippen LogP contribution is 2.39. The molecule has 0 amide bonds. The van der Waals surface area contributed by atoms with Gasteiger partial charge in [-0.3, -0.25) is 14.3 Å². The molecular formula is C20H18N4O2. The van der Waals surface area contributed by atoms with E-state index in [0.717, 1.165) is 28.1 Å². The van der Waals surface area contributed by atoms with Crippen LogP contribution in [0.15, 0.2) is 47.4 Å². The number of benzene rings is 1. The standard InChI is InChI=1S/C20H18N4O2/c1-23-19-11-17(13-7-8-21-16(9-13)12-3-4-12)22-24(19)18-6-5-14(26-2)10-15(18)20(23)25/h5-12H,3-4H2,1-2H3. The van der Waals surface area contributed by atoms with E-state index < -0.39 is 0 Å². The summed E-state index contributed by atoms with van der Waals surface area (Å²) in [7, 11) is 3.36. The molecule has 0 N–H and O–H groups in total. The average molecular weight is 346 g/mol. The highest BCUT2D eigenvalue weighted by Gasteiger charge is 2.25. The van der Waals surface area contributed by atoms with Gasteiger partial charge in [0.2, 0.25) is 0 Å². The van der Waals surface area contributed by atoms with Crippen LogP contribution < -0.4 is 10.3 Å². The van der Waals surface area contributed by atoms with Crippen LogP contribution in [0, 0.1) is 0 Å². The number of aromatic nitrogens is 4. The normalized spacial score (nSPS) is 14.2. The van der Waals surface area contributed by atoms with Crippen molar-refractivity contribution >= 4 is 16.6 Å². The maximum Gasteiger partial charge on any atom is 0.261 e. The minimum absolute atomic E-state index is 0.0637. The molecule has 1 fully saturated rings. The van der Waals surface area contributed by atoms with Crippen molar-refractivity contribution in [3.8, 4) is 17.0 Å². The maximum absolute atomic E-state index is 12.8. The Kier molecular flexibility index (Phi) is 3.16. The van der Waals surface area contributed by atoms with Gasteiger partial charge in [-0.1, -0.05) is 0 Å². The van der Waals surface area contributed by atoms with Crippen LogP contribution in [0.5, 0.6) is 5.75 Å². The van der Waals surface area contributed by atoms with E-state index in [-0.39, 0.29) is 5.56 Å². The molecule has 0 atom stereocenters. The monoisotopic (exact) mass is 346 g/mol. The van der Waals surface area contributed by atoms with E-state index in [1.165, 1.54) is 12.8 Å². The Labute approximate surface area is 149 Å². The molecule has 0 saturated heterocycles. The molecule has 130 valence electrons. The molecule has 4 aromatic rings. The second kappa shape index (κ2) is 5.42. The Morgan fingerprint density at radius 3 is 2.77 bits per heavy atom. The summed E-state index contributed by atoms with van der Waals surface area (Å²) in [4.78, 5) is 17.2. The zero-order valence-corrected chi connectivity index (χ0v) is 14.6. The summed E-state index contributed by atoms with van der Waals surface area (Å²) in [6, 6.07) is 11.5. The van der Waals surface area contributed by atoms with Crippen molar-refractivity contribution in [2.75, 3.05) is 7.11 Å². The fraction of sp³-hybridized carbons (Fsp3) is 0.250. The summed E-state index contributed by atoms with van der Waals surface area (Å²) in [5, 5.41) is 5.36. The number of aryl methyl sites for hydroxylation is 1. The molecule has 3 heterocycles. The Bertz CT molecular complexity index is 1220. The molecule has 6 nitrogen and oxygen atoms in total. The zero-order valence-electron chi connectivity index (χ0n) is 14.6. The van der Waals surface area contributed by atoms with Crippen molar-refractivity contribution in [2.45, 2.75) is 18.8 Å². The van der Waals surface area contributed by atoms with Crippen LogP contribution in [0.1, 0.15) is 24.5 Å². The summed E-state index contributed by atoms with van der Waals surface area (Å²) in [5.74, 6) is 1.24. The molecule has 1 aliphatic rings. The number of methoxy groups -OCH3 is 1. The van der Waals surface area contributed by atoms with Gasteiger partial charge in [0, 0.05) is 36.5 Å². The molecule has 1 aliphatic carbocycles. The fourth-order valence-corrected chi connectivity index (χ4v) is 3.42. The molecule has 0 spiro atoms. The molecule has 0 bridgehead atoms. The van der Waals surface area contributed by atoms with E-state index >= 15 is 0 Å². The van der Waals surface area contributed by atoms with Crippen LogP contribution in [0.4, 0.5) is 0 Å². The van der Waals surface area contributed by atoms with Gasteiger partial charge in [-0.15, -0.1) is 0 Å². The lowest BCUT2D eigenvalue weighted by Crippen LogP contribution is -2.19. The van der Waals surface area contributed by atoms with Crippen LogP contribution in [0.25, 0.3) is 27.8 Å². The molecule has 5 rings (SSSR count). The Balaban J connectivity index is 1.77. The third-order valence-electron chi connectivity index (χ3n) is 5.07. The van der Waals surface area contributed by atoms with E-state index in [1.807, 2.05) is 35.0 Å². The van der Waals surface area contributed by atoms with Crippen LogP contribution in [0.2, 0.25) is 0 Å². The number of rotatable bonds is 3. The number of pyridine rings is 1. The highest BCUT2D eigenvalue weighted by molar-refractivity contribution is 5.83. The molecule has 1 saturated carbocycles. The van der Waals surface area contributed by atoms with Crippen molar-refractivity contribution in [1.82, 2.24) is 19.2 Å². The Morgan fingerprint density at radius 2 is 2.00 bits per heavy atom. The molecule has 3 aromatic heterocycles. The summed E-state index contributed by atoms with van der Waals surface area (Å²) in [6.45, 7) is 0. The predicted octanol–water partition coefficient (Wildman–Crippen LogP) is 3.13. The van der Waals surface area contributed by atoms with E-state index in [0.29, 0.717) is 17.1 Å². The smallest absolute Gasteiger partial charge is 0.261 e. The largest absolute Gasteiger partial charge is 0.497 e. The Hall–Kier alpha value is -3.15. The first-order chi connectivity index (χ1) is 12.7. The molecule has 1 aromatic carbocycles. The van der Waals surface area contributed by atoms with Gasteiger partial charge in [-0.05, 0) is 43.2 Å². The summed E-state index contributed by atoms with van der Waals surface area (Å²) < 4.78 is 8.71. The van der Waals surface area contributed by atoms with Gasteiger partial charge >= 0.3 is 0 Å². The minimum atomic E-state index is -0.0637. The molecular weight excluding hydrogens is 328 g/mol. The SMILES string of the molecule is COc1ccc2c(c1)c(=O)n(C)c1cc(-c3ccnc(C4CC4)c3)nn21. The van der Waals surface area contributed by atoms with Gasteiger partial charge in [-0.25, -0.2) is 4.52 Å². The van der Waals surface area contributed by atoms with Gasteiger partial charge in [-0.2, -0.15) is 5.10 Å². The number of fused-ring (bicyclic) bond motifs is 3. The van der Waals surface area contributed by atoms with Crippen LogP contribution in [0.3, 0.4) is 0 Å². The first kappa shape index (κ1) is 15.1. The quantitative estimate of drug-likeness (QED) is 0.572. The van der Waals surface area contributed by atoms with Crippen molar-refractivity contribution < 1.29 is 4.74 Å². The predicted molar refractivity (Wildman–Crippen MR) is 99.7 cm³/mol. The lowest BCUT2D eigenvalue weighted by Gasteiger charge is -2.07.